The minimum absolute atomic E-state index is 0.0306. The van der Waals surface area contributed by atoms with E-state index in [1.807, 2.05) is 24.3 Å². The molecule has 1 saturated carbocycles. The second-order valence-corrected chi connectivity index (χ2v) is 6.92. The van der Waals surface area contributed by atoms with Gasteiger partial charge in [-0.1, -0.05) is 38.3 Å². The number of urea groups is 1. The molecule has 1 aromatic carbocycles. The monoisotopic (exact) mass is 361 g/mol. The van der Waals surface area contributed by atoms with Crippen molar-refractivity contribution in [2.24, 2.45) is 0 Å². The van der Waals surface area contributed by atoms with Crippen LogP contribution in [0.5, 0.6) is 5.75 Å². The summed E-state index contributed by atoms with van der Waals surface area (Å²) in [5, 5.41) is 8.65. The van der Waals surface area contributed by atoms with Gasteiger partial charge in [-0.3, -0.25) is 15.4 Å². The molecule has 6 heteroatoms. The van der Waals surface area contributed by atoms with Gasteiger partial charge >= 0.3 is 6.03 Å². The van der Waals surface area contributed by atoms with Crippen molar-refractivity contribution in [1.82, 2.24) is 16.0 Å². The maximum Gasteiger partial charge on any atom is 0.321 e. The third-order valence-corrected chi connectivity index (χ3v) is 4.95. The topological polar surface area (TPSA) is 79.5 Å². The summed E-state index contributed by atoms with van der Waals surface area (Å²) < 4.78 is 5.18. The molecule has 144 valence electrons. The highest BCUT2D eigenvalue weighted by Gasteiger charge is 2.21. The third-order valence-electron chi connectivity index (χ3n) is 4.95. The Morgan fingerprint density at radius 3 is 2.38 bits per heavy atom. The minimum Gasteiger partial charge on any atom is -0.497 e. The predicted molar refractivity (Wildman–Crippen MR) is 102 cm³/mol. The molecule has 0 aromatic heterocycles. The molecule has 0 heterocycles. The Kier molecular flexibility index (Phi) is 7.91. The van der Waals surface area contributed by atoms with Gasteiger partial charge in [0.05, 0.1) is 13.2 Å². The molecular weight excluding hydrogens is 330 g/mol. The van der Waals surface area contributed by atoms with Crippen molar-refractivity contribution in [2.45, 2.75) is 70.5 Å². The smallest absolute Gasteiger partial charge is 0.321 e. The molecule has 0 spiro atoms. The van der Waals surface area contributed by atoms with Crippen LogP contribution in [0.1, 0.15) is 64.0 Å². The summed E-state index contributed by atoms with van der Waals surface area (Å²) in [6.45, 7) is 3.83. The zero-order valence-electron chi connectivity index (χ0n) is 16.0. The first kappa shape index (κ1) is 20.2. The molecule has 0 saturated heterocycles. The van der Waals surface area contributed by atoms with Gasteiger partial charge in [-0.05, 0) is 43.9 Å². The van der Waals surface area contributed by atoms with Crippen LogP contribution in [-0.4, -0.2) is 31.1 Å². The summed E-state index contributed by atoms with van der Waals surface area (Å²) in [7, 11) is 1.63. The van der Waals surface area contributed by atoms with Crippen molar-refractivity contribution in [3.63, 3.8) is 0 Å². The number of hydrogen-bond donors (Lipinski definition) is 3. The van der Waals surface area contributed by atoms with Gasteiger partial charge in [0.1, 0.15) is 5.75 Å². The maximum absolute atomic E-state index is 12.3. The van der Waals surface area contributed by atoms with E-state index >= 15 is 0 Å². The van der Waals surface area contributed by atoms with Gasteiger partial charge in [0.25, 0.3) is 0 Å². The molecule has 1 aromatic rings. The molecular formula is C20H31N3O3. The fourth-order valence-corrected chi connectivity index (χ4v) is 3.35. The Labute approximate surface area is 156 Å². The highest BCUT2D eigenvalue weighted by molar-refractivity contribution is 5.96. The molecule has 1 fully saturated rings. The number of hydrogen-bond acceptors (Lipinski definition) is 4. The molecule has 3 amide bonds. The maximum atomic E-state index is 12.3. The third kappa shape index (κ3) is 6.02. The minimum atomic E-state index is -0.473. The quantitative estimate of drug-likeness (QED) is 0.696. The van der Waals surface area contributed by atoms with Crippen molar-refractivity contribution < 1.29 is 14.3 Å². The van der Waals surface area contributed by atoms with Crippen LogP contribution in [0.25, 0.3) is 0 Å². The van der Waals surface area contributed by atoms with Crippen LogP contribution in [0.2, 0.25) is 0 Å². The van der Waals surface area contributed by atoms with Gasteiger partial charge in [0, 0.05) is 12.1 Å². The summed E-state index contributed by atoms with van der Waals surface area (Å²) >= 11 is 0. The molecule has 0 aliphatic heterocycles. The summed E-state index contributed by atoms with van der Waals surface area (Å²) in [6, 6.07) is 7.13. The highest BCUT2D eigenvalue weighted by atomic mass is 16.5. The molecule has 1 aliphatic carbocycles. The Bertz CT molecular complexity index is 582. The fraction of sp³-hybridized carbons (Fsp3) is 0.600. The van der Waals surface area contributed by atoms with Crippen LogP contribution in [0, 0.1) is 0 Å². The number of nitrogens with one attached hydrogen (secondary N) is 3. The van der Waals surface area contributed by atoms with Crippen LogP contribution in [0.4, 0.5) is 4.79 Å². The Morgan fingerprint density at radius 2 is 1.81 bits per heavy atom. The SMILES string of the molecule is CC[C@@H](N[C@@H](C)C(=O)NC(=O)NC1CCCCC1)c1ccc(OC)cc1. The number of methoxy groups -OCH3 is 1. The van der Waals surface area contributed by atoms with Crippen molar-refractivity contribution in [1.29, 1.82) is 0 Å². The fourth-order valence-electron chi connectivity index (χ4n) is 3.35. The van der Waals surface area contributed by atoms with E-state index in [0.29, 0.717) is 0 Å². The number of amides is 3. The molecule has 3 N–H and O–H groups in total. The summed E-state index contributed by atoms with van der Waals surface area (Å²) in [4.78, 5) is 24.4. The number of ether oxygens (including phenoxy) is 1. The van der Waals surface area contributed by atoms with Gasteiger partial charge < -0.3 is 10.1 Å². The Balaban J connectivity index is 1.84. The molecule has 2 rings (SSSR count). The van der Waals surface area contributed by atoms with E-state index in [-0.39, 0.29) is 18.0 Å². The second kappa shape index (κ2) is 10.2. The van der Waals surface area contributed by atoms with E-state index in [1.54, 1.807) is 14.0 Å². The largest absolute Gasteiger partial charge is 0.497 e. The van der Waals surface area contributed by atoms with Crippen LogP contribution in [0.3, 0.4) is 0 Å². The van der Waals surface area contributed by atoms with Crippen LogP contribution in [0.15, 0.2) is 24.3 Å². The molecule has 1 aliphatic rings. The zero-order chi connectivity index (χ0) is 18.9. The van der Waals surface area contributed by atoms with E-state index in [0.717, 1.165) is 43.4 Å². The molecule has 0 bridgehead atoms. The summed E-state index contributed by atoms with van der Waals surface area (Å²) in [5.74, 6) is 0.485. The lowest BCUT2D eigenvalue weighted by molar-refractivity contribution is -0.121. The Hall–Kier alpha value is -2.08. The first-order valence-electron chi connectivity index (χ1n) is 9.54. The predicted octanol–water partition coefficient (Wildman–Crippen LogP) is 3.28. The van der Waals surface area contributed by atoms with E-state index < -0.39 is 12.1 Å². The van der Waals surface area contributed by atoms with E-state index in [2.05, 4.69) is 22.9 Å². The van der Waals surface area contributed by atoms with E-state index in [4.69, 9.17) is 4.74 Å². The molecule has 2 atom stereocenters. The second-order valence-electron chi connectivity index (χ2n) is 6.92. The highest BCUT2D eigenvalue weighted by Crippen LogP contribution is 2.20. The first-order valence-corrected chi connectivity index (χ1v) is 9.54. The number of carbonyl (C=O) groups is 2. The van der Waals surface area contributed by atoms with Crippen molar-refractivity contribution in [3.8, 4) is 5.75 Å². The summed E-state index contributed by atoms with van der Waals surface area (Å²) in [5.41, 5.74) is 1.08. The average Bonchev–Trinajstić information content (AvgIpc) is 2.66. The average molecular weight is 361 g/mol. The van der Waals surface area contributed by atoms with Gasteiger partial charge in [-0.2, -0.15) is 0 Å². The van der Waals surface area contributed by atoms with Crippen molar-refractivity contribution in [3.05, 3.63) is 29.8 Å². The number of imide groups is 1. The van der Waals surface area contributed by atoms with Gasteiger partial charge in [0.2, 0.25) is 5.91 Å². The number of rotatable bonds is 7. The lowest BCUT2D eigenvalue weighted by Gasteiger charge is -2.24. The van der Waals surface area contributed by atoms with Crippen LogP contribution >= 0.6 is 0 Å². The lowest BCUT2D eigenvalue weighted by atomic mass is 9.96. The van der Waals surface area contributed by atoms with Crippen molar-refractivity contribution in [2.75, 3.05) is 7.11 Å². The first-order chi connectivity index (χ1) is 12.5. The Morgan fingerprint density at radius 1 is 1.15 bits per heavy atom. The van der Waals surface area contributed by atoms with E-state index in [1.165, 1.54) is 6.42 Å². The molecule has 0 unspecified atom stereocenters. The van der Waals surface area contributed by atoms with Crippen LogP contribution < -0.4 is 20.7 Å². The van der Waals surface area contributed by atoms with Gasteiger partial charge in [-0.25, -0.2) is 4.79 Å². The lowest BCUT2D eigenvalue weighted by Crippen LogP contribution is -2.51. The molecule has 0 radical (unpaired) electrons. The summed E-state index contributed by atoms with van der Waals surface area (Å²) in [6.07, 6.45) is 6.31. The normalized spacial score (nSPS) is 17.2. The zero-order valence-corrected chi connectivity index (χ0v) is 16.0. The van der Waals surface area contributed by atoms with Crippen LogP contribution in [-0.2, 0) is 4.79 Å². The number of benzene rings is 1. The standard InChI is InChI=1S/C20H31N3O3/c1-4-18(15-10-12-17(26-3)13-11-15)21-14(2)19(24)23-20(25)22-16-8-6-5-7-9-16/h10-14,16,18,21H,4-9H2,1-3H3,(H2,22,23,24,25)/t14-,18+/m0/s1. The van der Waals surface area contributed by atoms with Gasteiger partial charge in [0.15, 0.2) is 0 Å². The molecule has 6 nitrogen and oxygen atoms in total. The van der Waals surface area contributed by atoms with E-state index in [9.17, 15) is 9.59 Å². The van der Waals surface area contributed by atoms with Crippen molar-refractivity contribution >= 4 is 11.9 Å². The number of carbonyl (C=O) groups excluding carboxylic acids is 2. The molecule has 26 heavy (non-hydrogen) atoms. The van der Waals surface area contributed by atoms with Gasteiger partial charge in [-0.15, -0.1) is 0 Å².